The lowest BCUT2D eigenvalue weighted by Gasteiger charge is -2.12. The minimum absolute atomic E-state index is 0.953. The molecule has 0 aromatic heterocycles. The van der Waals surface area contributed by atoms with Crippen LogP contribution < -0.4 is 5.32 Å². The third-order valence-corrected chi connectivity index (χ3v) is 3.60. The van der Waals surface area contributed by atoms with E-state index in [1.165, 1.54) is 77.3 Å². The number of hydrogen-bond donors (Lipinski definition) is 1. The second-order valence-electron chi connectivity index (χ2n) is 5.26. The molecule has 0 radical (unpaired) electrons. The van der Waals surface area contributed by atoms with Crippen LogP contribution in [0.2, 0.25) is 0 Å². The summed E-state index contributed by atoms with van der Waals surface area (Å²) in [5.41, 5.74) is 0. The van der Waals surface area contributed by atoms with Gasteiger partial charge in [0.15, 0.2) is 0 Å². The molecule has 0 aliphatic carbocycles. The fourth-order valence-electron chi connectivity index (χ4n) is 2.47. The first-order valence-electron chi connectivity index (χ1n) is 7.10. The van der Waals surface area contributed by atoms with Crippen molar-refractivity contribution < 1.29 is 0 Å². The SMILES string of the molecule is CC1CCCCCCCCCNCCC1. The van der Waals surface area contributed by atoms with Gasteiger partial charge >= 0.3 is 0 Å². The molecule has 1 nitrogen and oxygen atoms in total. The monoisotopic (exact) mass is 211 g/mol. The van der Waals surface area contributed by atoms with Gasteiger partial charge in [-0.15, -0.1) is 0 Å². The Bertz CT molecular complexity index is 119. The molecule has 15 heavy (non-hydrogen) atoms. The molecule has 1 saturated heterocycles. The van der Waals surface area contributed by atoms with Crippen molar-refractivity contribution >= 4 is 0 Å². The molecule has 0 spiro atoms. The number of hydrogen-bond acceptors (Lipinski definition) is 1. The van der Waals surface area contributed by atoms with E-state index in [1.807, 2.05) is 0 Å². The van der Waals surface area contributed by atoms with Crippen molar-refractivity contribution in [1.29, 1.82) is 0 Å². The first kappa shape index (κ1) is 13.0. The van der Waals surface area contributed by atoms with Crippen molar-refractivity contribution in [1.82, 2.24) is 5.32 Å². The van der Waals surface area contributed by atoms with E-state index in [0.717, 1.165) is 5.92 Å². The van der Waals surface area contributed by atoms with Crippen LogP contribution in [0.3, 0.4) is 0 Å². The molecule has 1 N–H and O–H groups in total. The van der Waals surface area contributed by atoms with Crippen LogP contribution >= 0.6 is 0 Å². The molecule has 1 fully saturated rings. The van der Waals surface area contributed by atoms with Gasteiger partial charge in [-0.05, 0) is 38.3 Å². The van der Waals surface area contributed by atoms with Gasteiger partial charge in [0.05, 0.1) is 0 Å². The Balaban J connectivity index is 2.10. The summed E-state index contributed by atoms with van der Waals surface area (Å²) < 4.78 is 0. The molecule has 0 saturated carbocycles. The minimum atomic E-state index is 0.953. The zero-order valence-electron chi connectivity index (χ0n) is 10.6. The van der Waals surface area contributed by atoms with Crippen LogP contribution in [0.4, 0.5) is 0 Å². The van der Waals surface area contributed by atoms with Crippen molar-refractivity contribution in [2.24, 2.45) is 5.92 Å². The molecule has 1 heteroatoms. The van der Waals surface area contributed by atoms with Crippen LogP contribution in [0.1, 0.15) is 71.1 Å². The van der Waals surface area contributed by atoms with Gasteiger partial charge in [0, 0.05) is 0 Å². The van der Waals surface area contributed by atoms with Gasteiger partial charge in [-0.1, -0.05) is 51.9 Å². The van der Waals surface area contributed by atoms with E-state index < -0.39 is 0 Å². The molecule has 0 bridgehead atoms. The molecule has 1 atom stereocenters. The Labute approximate surface area is 96.0 Å². The highest BCUT2D eigenvalue weighted by molar-refractivity contribution is 4.58. The fourth-order valence-corrected chi connectivity index (χ4v) is 2.47. The molecule has 1 aliphatic rings. The minimum Gasteiger partial charge on any atom is -0.317 e. The smallest absolute Gasteiger partial charge is 0.00488 e. The highest BCUT2D eigenvalue weighted by atomic mass is 14.8. The quantitative estimate of drug-likeness (QED) is 0.635. The number of rotatable bonds is 0. The van der Waals surface area contributed by atoms with Crippen molar-refractivity contribution in [2.45, 2.75) is 71.1 Å². The maximum Gasteiger partial charge on any atom is -0.00488 e. The zero-order valence-corrected chi connectivity index (χ0v) is 10.6. The average molecular weight is 211 g/mol. The van der Waals surface area contributed by atoms with Gasteiger partial charge in [-0.3, -0.25) is 0 Å². The summed E-state index contributed by atoms with van der Waals surface area (Å²) in [6.45, 7) is 4.91. The molecule has 1 rings (SSSR count). The van der Waals surface area contributed by atoms with Crippen molar-refractivity contribution in [3.8, 4) is 0 Å². The molecule has 90 valence electrons. The maximum atomic E-state index is 3.56. The van der Waals surface area contributed by atoms with Crippen molar-refractivity contribution in [3.05, 3.63) is 0 Å². The summed E-state index contributed by atoms with van der Waals surface area (Å²) in [4.78, 5) is 0. The normalized spacial score (nSPS) is 28.2. The van der Waals surface area contributed by atoms with E-state index in [9.17, 15) is 0 Å². The van der Waals surface area contributed by atoms with Gasteiger partial charge in [0.1, 0.15) is 0 Å². The molecule has 1 heterocycles. The molecular weight excluding hydrogens is 182 g/mol. The Morgan fingerprint density at radius 3 is 2.00 bits per heavy atom. The van der Waals surface area contributed by atoms with Gasteiger partial charge in [0.25, 0.3) is 0 Å². The van der Waals surface area contributed by atoms with Gasteiger partial charge in [0.2, 0.25) is 0 Å². The second kappa shape index (κ2) is 9.21. The fraction of sp³-hybridized carbons (Fsp3) is 1.00. The van der Waals surface area contributed by atoms with Crippen LogP contribution in [0, 0.1) is 5.92 Å². The molecule has 0 aromatic rings. The summed E-state index contributed by atoms with van der Waals surface area (Å²) in [6, 6.07) is 0. The van der Waals surface area contributed by atoms with Gasteiger partial charge in [-0.25, -0.2) is 0 Å². The summed E-state index contributed by atoms with van der Waals surface area (Å²) in [5, 5.41) is 3.56. The predicted octanol–water partition coefficient (Wildman–Crippen LogP) is 4.13. The summed E-state index contributed by atoms with van der Waals surface area (Å²) in [5.74, 6) is 0.953. The molecule has 1 unspecified atom stereocenters. The summed E-state index contributed by atoms with van der Waals surface area (Å²) in [6.07, 6.45) is 14.4. The second-order valence-corrected chi connectivity index (χ2v) is 5.26. The molecule has 1 aliphatic heterocycles. The topological polar surface area (TPSA) is 12.0 Å². The molecule has 0 aromatic carbocycles. The predicted molar refractivity (Wildman–Crippen MR) is 68.2 cm³/mol. The van der Waals surface area contributed by atoms with E-state index >= 15 is 0 Å². The highest BCUT2D eigenvalue weighted by Gasteiger charge is 2.02. The zero-order chi connectivity index (χ0) is 10.8. The highest BCUT2D eigenvalue weighted by Crippen LogP contribution is 2.16. The van der Waals surface area contributed by atoms with Crippen LogP contribution in [0.15, 0.2) is 0 Å². The van der Waals surface area contributed by atoms with E-state index in [-0.39, 0.29) is 0 Å². The molecule has 0 amide bonds. The maximum absolute atomic E-state index is 3.56. The van der Waals surface area contributed by atoms with E-state index in [0.29, 0.717) is 0 Å². The van der Waals surface area contributed by atoms with Crippen molar-refractivity contribution in [3.63, 3.8) is 0 Å². The third kappa shape index (κ3) is 7.84. The Hall–Kier alpha value is -0.0400. The Morgan fingerprint density at radius 2 is 1.20 bits per heavy atom. The Kier molecular flexibility index (Phi) is 7.99. The Morgan fingerprint density at radius 1 is 0.667 bits per heavy atom. The van der Waals surface area contributed by atoms with E-state index in [2.05, 4.69) is 12.2 Å². The molecular formula is C14H29N. The van der Waals surface area contributed by atoms with Crippen molar-refractivity contribution in [2.75, 3.05) is 13.1 Å². The average Bonchev–Trinajstić information content (AvgIpc) is 2.24. The van der Waals surface area contributed by atoms with E-state index in [4.69, 9.17) is 0 Å². The van der Waals surface area contributed by atoms with Gasteiger partial charge < -0.3 is 5.32 Å². The first-order valence-corrected chi connectivity index (χ1v) is 7.10. The third-order valence-electron chi connectivity index (χ3n) is 3.60. The number of nitrogens with one attached hydrogen (secondary N) is 1. The lowest BCUT2D eigenvalue weighted by molar-refractivity contribution is 0.429. The summed E-state index contributed by atoms with van der Waals surface area (Å²) in [7, 11) is 0. The lowest BCUT2D eigenvalue weighted by atomic mass is 9.97. The summed E-state index contributed by atoms with van der Waals surface area (Å²) >= 11 is 0. The van der Waals surface area contributed by atoms with Gasteiger partial charge in [-0.2, -0.15) is 0 Å². The van der Waals surface area contributed by atoms with Crippen LogP contribution in [-0.2, 0) is 0 Å². The largest absolute Gasteiger partial charge is 0.317 e. The standard InChI is InChI=1S/C14H29N/c1-14-10-7-5-3-2-4-6-8-12-15-13-9-11-14/h14-15H,2-13H2,1H3. The first-order chi connectivity index (χ1) is 7.39. The van der Waals surface area contributed by atoms with Crippen LogP contribution in [0.5, 0.6) is 0 Å². The van der Waals surface area contributed by atoms with Crippen LogP contribution in [0.25, 0.3) is 0 Å². The lowest BCUT2D eigenvalue weighted by Crippen LogP contribution is -2.17. The van der Waals surface area contributed by atoms with Crippen LogP contribution in [-0.4, -0.2) is 13.1 Å². The van der Waals surface area contributed by atoms with E-state index in [1.54, 1.807) is 0 Å².